The van der Waals surface area contributed by atoms with E-state index >= 15 is 0 Å². The summed E-state index contributed by atoms with van der Waals surface area (Å²) in [5.74, 6) is -0.855. The van der Waals surface area contributed by atoms with E-state index in [0.29, 0.717) is 17.9 Å². The van der Waals surface area contributed by atoms with Crippen molar-refractivity contribution in [3.63, 3.8) is 0 Å². The van der Waals surface area contributed by atoms with E-state index in [1.807, 2.05) is 6.92 Å². The molecule has 0 radical (unpaired) electrons. The lowest BCUT2D eigenvalue weighted by molar-refractivity contribution is -0.140. The second kappa shape index (κ2) is 8.74. The predicted molar refractivity (Wildman–Crippen MR) is 102 cm³/mol. The van der Waals surface area contributed by atoms with E-state index in [9.17, 15) is 23.1 Å². The van der Waals surface area contributed by atoms with E-state index in [1.165, 1.54) is 30.3 Å². The van der Waals surface area contributed by atoms with Crippen LogP contribution >= 0.6 is 0 Å². The molecule has 0 fully saturated rings. The molecule has 2 rings (SSSR count). The highest BCUT2D eigenvalue weighted by atomic mass is 32.2. The lowest BCUT2D eigenvalue weighted by atomic mass is 9.99. The second-order valence-electron chi connectivity index (χ2n) is 6.25. The third kappa shape index (κ3) is 5.46. The zero-order chi connectivity index (χ0) is 20.9. The van der Waals surface area contributed by atoms with Crippen molar-refractivity contribution in [2.45, 2.75) is 38.1 Å². The fourth-order valence-corrected chi connectivity index (χ4v) is 3.30. The molecule has 0 saturated heterocycles. The van der Waals surface area contributed by atoms with Gasteiger partial charge in [-0.25, -0.2) is 18.0 Å². The highest BCUT2D eigenvalue weighted by Gasteiger charge is 2.25. The van der Waals surface area contributed by atoms with E-state index in [1.54, 1.807) is 13.8 Å². The number of hydrogen-bond acceptors (Lipinski definition) is 6. The van der Waals surface area contributed by atoms with E-state index < -0.39 is 28.1 Å². The van der Waals surface area contributed by atoms with Crippen LogP contribution in [0.15, 0.2) is 39.8 Å². The summed E-state index contributed by atoms with van der Waals surface area (Å²) in [4.78, 5) is 23.3. The maximum absolute atomic E-state index is 12.3. The molecule has 11 heteroatoms. The second-order valence-corrected chi connectivity index (χ2v) is 7.93. The van der Waals surface area contributed by atoms with Gasteiger partial charge in [0.15, 0.2) is 5.82 Å². The average molecular weight is 410 g/mol. The number of nitrogens with one attached hydrogen (secondary N) is 3. The van der Waals surface area contributed by atoms with Gasteiger partial charge in [-0.2, -0.15) is 0 Å². The van der Waals surface area contributed by atoms with Crippen molar-refractivity contribution < 1.29 is 27.6 Å². The summed E-state index contributed by atoms with van der Waals surface area (Å²) in [6.07, 6.45) is 0.585. The molecule has 10 nitrogen and oxygen atoms in total. The number of carbonyl (C=O) groups excluding carboxylic acids is 1. The topological polar surface area (TPSA) is 151 Å². The minimum absolute atomic E-state index is 0.0397. The Morgan fingerprint density at radius 3 is 2.39 bits per heavy atom. The van der Waals surface area contributed by atoms with Gasteiger partial charge < -0.3 is 20.3 Å². The molecular formula is C17H22N4O6S. The molecule has 1 aromatic heterocycles. The fourth-order valence-electron chi connectivity index (χ4n) is 2.32. The van der Waals surface area contributed by atoms with Gasteiger partial charge >= 0.3 is 12.0 Å². The Morgan fingerprint density at radius 2 is 1.89 bits per heavy atom. The Bertz CT molecular complexity index is 939. The first-order chi connectivity index (χ1) is 13.1. The molecule has 0 aliphatic carbocycles. The SMILES string of the molecule is CCC(C)[C@H](NC(=O)Nc1ccc(S(=O)(=O)Nc2cc(C)on2)cc1)C(=O)O. The summed E-state index contributed by atoms with van der Waals surface area (Å²) in [5, 5.41) is 17.7. The molecule has 1 unspecified atom stereocenters. The quantitative estimate of drug-likeness (QED) is 0.521. The number of urea groups is 1. The first kappa shape index (κ1) is 21.2. The molecule has 1 aromatic carbocycles. The van der Waals surface area contributed by atoms with E-state index in [2.05, 4.69) is 20.5 Å². The van der Waals surface area contributed by atoms with Gasteiger partial charge in [0, 0.05) is 11.8 Å². The van der Waals surface area contributed by atoms with Crippen LogP contribution in [0.25, 0.3) is 0 Å². The number of benzene rings is 1. The number of carboxylic acids is 1. The molecule has 1 heterocycles. The van der Waals surface area contributed by atoms with Crippen LogP contribution in [0.3, 0.4) is 0 Å². The highest BCUT2D eigenvalue weighted by molar-refractivity contribution is 7.92. The van der Waals surface area contributed by atoms with Crippen LogP contribution in [0.4, 0.5) is 16.3 Å². The third-order valence-corrected chi connectivity index (χ3v) is 5.43. The van der Waals surface area contributed by atoms with Crippen molar-refractivity contribution in [1.29, 1.82) is 0 Å². The number of rotatable bonds is 8. The van der Waals surface area contributed by atoms with E-state index in [-0.39, 0.29) is 16.6 Å². The summed E-state index contributed by atoms with van der Waals surface area (Å²) >= 11 is 0. The number of aliphatic carboxylic acids is 1. The number of nitrogens with zero attached hydrogens (tertiary/aromatic N) is 1. The Hall–Kier alpha value is -3.08. The summed E-state index contributed by atoms with van der Waals surface area (Å²) in [6.45, 7) is 5.18. The number of aromatic nitrogens is 1. The normalized spacial score (nSPS) is 13.4. The van der Waals surface area contributed by atoms with E-state index in [0.717, 1.165) is 0 Å². The first-order valence-electron chi connectivity index (χ1n) is 8.49. The smallest absolute Gasteiger partial charge is 0.326 e. The first-order valence-corrected chi connectivity index (χ1v) is 9.97. The van der Waals surface area contributed by atoms with Crippen LogP contribution < -0.4 is 15.4 Å². The van der Waals surface area contributed by atoms with Gasteiger partial charge in [0.2, 0.25) is 0 Å². The van der Waals surface area contributed by atoms with Gasteiger partial charge in [0.05, 0.1) is 4.90 Å². The molecule has 2 amide bonds. The van der Waals surface area contributed by atoms with Crippen LogP contribution in [0.5, 0.6) is 0 Å². The van der Waals surface area contributed by atoms with Crippen molar-refractivity contribution in [1.82, 2.24) is 10.5 Å². The van der Waals surface area contributed by atoms with Crippen LogP contribution in [0, 0.1) is 12.8 Å². The molecule has 2 atom stereocenters. The molecule has 0 aliphatic heterocycles. The van der Waals surface area contributed by atoms with Gasteiger partial charge in [-0.1, -0.05) is 25.4 Å². The average Bonchev–Trinajstić information content (AvgIpc) is 3.03. The molecule has 152 valence electrons. The lowest BCUT2D eigenvalue weighted by Crippen LogP contribution is -2.46. The minimum Gasteiger partial charge on any atom is -0.480 e. The van der Waals surface area contributed by atoms with Crippen molar-refractivity contribution in [3.8, 4) is 0 Å². The summed E-state index contributed by atoms with van der Waals surface area (Å²) in [6, 6.07) is 5.10. The summed E-state index contributed by atoms with van der Waals surface area (Å²) in [5.41, 5.74) is 0.307. The van der Waals surface area contributed by atoms with Crippen molar-refractivity contribution in [2.24, 2.45) is 5.92 Å². The monoisotopic (exact) mass is 410 g/mol. The lowest BCUT2D eigenvalue weighted by Gasteiger charge is -2.20. The van der Waals surface area contributed by atoms with Gasteiger partial charge in [-0.05, 0) is 37.1 Å². The Kier molecular flexibility index (Phi) is 6.62. The maximum atomic E-state index is 12.3. The number of sulfonamides is 1. The molecule has 28 heavy (non-hydrogen) atoms. The van der Waals surface area contributed by atoms with Crippen LogP contribution in [-0.2, 0) is 14.8 Å². The van der Waals surface area contributed by atoms with Crippen molar-refractivity contribution in [2.75, 3.05) is 10.0 Å². The molecular weight excluding hydrogens is 388 g/mol. The number of carboxylic acid groups (broad SMARTS) is 1. The highest BCUT2D eigenvalue weighted by Crippen LogP contribution is 2.18. The number of amides is 2. The zero-order valence-corrected chi connectivity index (χ0v) is 16.4. The largest absolute Gasteiger partial charge is 0.480 e. The molecule has 2 aromatic rings. The van der Waals surface area contributed by atoms with Gasteiger partial charge in [-0.3, -0.25) is 4.72 Å². The molecule has 0 spiro atoms. The molecule has 4 N–H and O–H groups in total. The van der Waals surface area contributed by atoms with Gasteiger partial charge in [0.1, 0.15) is 11.8 Å². The standard InChI is InChI=1S/C17H22N4O6S/c1-4-10(2)15(16(22)23)19-17(24)18-12-5-7-13(8-6-12)28(25,26)21-14-9-11(3)27-20-14/h5-10,15H,4H2,1-3H3,(H,20,21)(H,22,23)(H2,18,19,24)/t10?,15-/m0/s1. The molecule has 0 aliphatic rings. The Labute approximate surface area is 162 Å². The van der Waals surface area contributed by atoms with Crippen LogP contribution in [-0.4, -0.2) is 36.7 Å². The van der Waals surface area contributed by atoms with E-state index in [4.69, 9.17) is 4.52 Å². The third-order valence-electron chi connectivity index (χ3n) is 4.06. The minimum atomic E-state index is -3.87. The Balaban J connectivity index is 2.03. The maximum Gasteiger partial charge on any atom is 0.326 e. The van der Waals surface area contributed by atoms with Crippen molar-refractivity contribution in [3.05, 3.63) is 36.1 Å². The summed E-state index contributed by atoms with van der Waals surface area (Å²) < 4.78 is 31.7. The van der Waals surface area contributed by atoms with Crippen LogP contribution in [0.2, 0.25) is 0 Å². The fraction of sp³-hybridized carbons (Fsp3) is 0.353. The number of aryl methyl sites for hydroxylation is 1. The van der Waals surface area contributed by atoms with Gasteiger partial charge in [-0.15, -0.1) is 0 Å². The van der Waals surface area contributed by atoms with Gasteiger partial charge in [0.25, 0.3) is 10.0 Å². The predicted octanol–water partition coefficient (Wildman–Crippen LogP) is 2.40. The summed E-state index contributed by atoms with van der Waals surface area (Å²) in [7, 11) is -3.87. The molecule has 0 bridgehead atoms. The Morgan fingerprint density at radius 1 is 1.25 bits per heavy atom. The number of carbonyl (C=O) groups is 2. The number of anilines is 2. The van der Waals surface area contributed by atoms with Crippen LogP contribution in [0.1, 0.15) is 26.0 Å². The molecule has 0 saturated carbocycles. The number of hydrogen-bond donors (Lipinski definition) is 4. The van der Waals surface area contributed by atoms with Crippen molar-refractivity contribution >= 4 is 33.5 Å². The zero-order valence-electron chi connectivity index (χ0n) is 15.6.